The van der Waals surface area contributed by atoms with Crippen molar-refractivity contribution in [1.29, 1.82) is 0 Å². The molecule has 0 saturated carbocycles. The number of carbonyl (C=O) groups excluding carboxylic acids is 2. The fourth-order valence-corrected chi connectivity index (χ4v) is 1.58. The van der Waals surface area contributed by atoms with E-state index in [1.165, 1.54) is 0 Å². The summed E-state index contributed by atoms with van der Waals surface area (Å²) < 4.78 is 4.90. The Kier molecular flexibility index (Phi) is 9.21. The summed E-state index contributed by atoms with van der Waals surface area (Å²) in [7, 11) is 0. The lowest BCUT2D eigenvalue weighted by atomic mass is 10.2. The zero-order chi connectivity index (χ0) is 14.8. The van der Waals surface area contributed by atoms with Gasteiger partial charge >= 0.3 is 5.97 Å². The number of hydrogen-bond donors (Lipinski definition) is 1. The van der Waals surface area contributed by atoms with E-state index in [1.807, 2.05) is 20.8 Å². The molecule has 0 radical (unpaired) electrons. The molecule has 19 heavy (non-hydrogen) atoms. The molecule has 1 N–H and O–H groups in total. The fourth-order valence-electron chi connectivity index (χ4n) is 1.58. The van der Waals surface area contributed by atoms with Gasteiger partial charge in [-0.1, -0.05) is 20.8 Å². The van der Waals surface area contributed by atoms with Crippen LogP contribution in [0.4, 0.5) is 0 Å². The van der Waals surface area contributed by atoms with Crippen LogP contribution in [0.2, 0.25) is 0 Å². The van der Waals surface area contributed by atoms with E-state index in [4.69, 9.17) is 4.74 Å². The molecule has 0 aromatic heterocycles. The number of ether oxygens (including phenoxy) is 1. The summed E-state index contributed by atoms with van der Waals surface area (Å²) in [5.74, 6) is -0.0796. The second-order valence-electron chi connectivity index (χ2n) is 5.16. The van der Waals surface area contributed by atoms with E-state index in [0.717, 1.165) is 6.42 Å². The van der Waals surface area contributed by atoms with Crippen LogP contribution in [-0.2, 0) is 14.3 Å². The monoisotopic (exact) mass is 272 g/mol. The van der Waals surface area contributed by atoms with Crippen molar-refractivity contribution in [2.24, 2.45) is 5.92 Å². The summed E-state index contributed by atoms with van der Waals surface area (Å²) in [6.07, 6.45) is 0.968. The molecule has 0 rings (SSSR count). The second-order valence-corrected chi connectivity index (χ2v) is 5.16. The summed E-state index contributed by atoms with van der Waals surface area (Å²) in [5, 5.41) is 3.15. The number of carbonyl (C=O) groups is 2. The van der Waals surface area contributed by atoms with E-state index in [2.05, 4.69) is 12.2 Å². The van der Waals surface area contributed by atoms with Gasteiger partial charge in [-0.15, -0.1) is 0 Å². The van der Waals surface area contributed by atoms with Crippen molar-refractivity contribution in [3.8, 4) is 0 Å². The molecule has 1 amide bonds. The highest BCUT2D eigenvalue weighted by Gasteiger charge is 2.19. The third kappa shape index (κ3) is 8.59. The second kappa shape index (κ2) is 9.78. The minimum atomic E-state index is -0.347. The number of rotatable bonds is 9. The van der Waals surface area contributed by atoms with Gasteiger partial charge in [0.15, 0.2) is 0 Å². The molecule has 0 saturated heterocycles. The van der Waals surface area contributed by atoms with Crippen LogP contribution < -0.4 is 5.32 Å². The van der Waals surface area contributed by atoms with Crippen LogP contribution in [0.25, 0.3) is 0 Å². The lowest BCUT2D eigenvalue weighted by Gasteiger charge is -2.24. The van der Waals surface area contributed by atoms with Crippen molar-refractivity contribution in [3.05, 3.63) is 0 Å². The van der Waals surface area contributed by atoms with Gasteiger partial charge in [-0.2, -0.15) is 0 Å². The van der Waals surface area contributed by atoms with Crippen molar-refractivity contribution >= 4 is 11.9 Å². The molecule has 0 heterocycles. The highest BCUT2D eigenvalue weighted by molar-refractivity contribution is 5.83. The highest BCUT2D eigenvalue weighted by atomic mass is 16.5. The lowest BCUT2D eigenvalue weighted by molar-refractivity contribution is -0.149. The van der Waals surface area contributed by atoms with Gasteiger partial charge in [0.05, 0.1) is 13.2 Å². The van der Waals surface area contributed by atoms with E-state index < -0.39 is 0 Å². The van der Waals surface area contributed by atoms with Gasteiger partial charge in [0.2, 0.25) is 5.91 Å². The number of nitrogens with zero attached hydrogens (tertiary/aromatic N) is 1. The van der Waals surface area contributed by atoms with Crippen LogP contribution in [0.5, 0.6) is 0 Å². The molecule has 0 aliphatic rings. The van der Waals surface area contributed by atoms with E-state index in [1.54, 1.807) is 11.8 Å². The van der Waals surface area contributed by atoms with Crippen molar-refractivity contribution in [3.63, 3.8) is 0 Å². The quantitative estimate of drug-likeness (QED) is 0.645. The van der Waals surface area contributed by atoms with Crippen molar-refractivity contribution in [2.45, 2.75) is 47.1 Å². The molecular weight excluding hydrogens is 244 g/mol. The maximum atomic E-state index is 12.1. The summed E-state index contributed by atoms with van der Waals surface area (Å²) >= 11 is 0. The molecule has 1 unspecified atom stereocenters. The number of hydrogen-bond acceptors (Lipinski definition) is 4. The largest absolute Gasteiger partial charge is 0.465 e. The Bertz CT molecular complexity index is 280. The predicted molar refractivity (Wildman–Crippen MR) is 75.8 cm³/mol. The minimum absolute atomic E-state index is 0.0348. The first kappa shape index (κ1) is 17.9. The fraction of sp³-hybridized carbons (Fsp3) is 0.857. The van der Waals surface area contributed by atoms with Gasteiger partial charge in [0.25, 0.3) is 0 Å². The molecule has 0 aliphatic heterocycles. The van der Waals surface area contributed by atoms with Crippen molar-refractivity contribution in [2.75, 3.05) is 26.2 Å². The van der Waals surface area contributed by atoms with E-state index >= 15 is 0 Å². The Hall–Kier alpha value is -1.10. The van der Waals surface area contributed by atoms with Crippen LogP contribution in [-0.4, -0.2) is 49.1 Å². The average Bonchev–Trinajstić information content (AvgIpc) is 2.34. The molecule has 5 nitrogen and oxygen atoms in total. The zero-order valence-corrected chi connectivity index (χ0v) is 12.9. The third-order valence-electron chi connectivity index (χ3n) is 2.78. The summed E-state index contributed by atoms with van der Waals surface area (Å²) in [6, 6.07) is 0.299. The van der Waals surface area contributed by atoms with Crippen LogP contribution in [0.3, 0.4) is 0 Å². The number of esters is 1. The molecule has 0 spiro atoms. The molecular formula is C14H28N2O3. The Labute approximate surface area is 116 Å². The van der Waals surface area contributed by atoms with E-state index in [0.29, 0.717) is 25.1 Å². The minimum Gasteiger partial charge on any atom is -0.465 e. The standard InChI is InChI=1S/C14H28N2O3/c1-6-12(5)15-8-13(17)16(9-11(3)4)10-14(18)19-7-2/h11-12,15H,6-10H2,1-5H3. The van der Waals surface area contributed by atoms with Gasteiger partial charge in [-0.05, 0) is 26.2 Å². The zero-order valence-electron chi connectivity index (χ0n) is 12.9. The Morgan fingerprint density at radius 3 is 2.32 bits per heavy atom. The van der Waals surface area contributed by atoms with Crippen molar-refractivity contribution < 1.29 is 14.3 Å². The van der Waals surface area contributed by atoms with E-state index in [9.17, 15) is 9.59 Å². The molecule has 1 atom stereocenters. The Morgan fingerprint density at radius 1 is 1.21 bits per heavy atom. The Balaban J connectivity index is 4.38. The van der Waals surface area contributed by atoms with E-state index in [-0.39, 0.29) is 25.0 Å². The van der Waals surface area contributed by atoms with Crippen LogP contribution >= 0.6 is 0 Å². The number of nitrogens with one attached hydrogen (secondary N) is 1. The Morgan fingerprint density at radius 2 is 1.84 bits per heavy atom. The molecule has 0 aliphatic carbocycles. The maximum Gasteiger partial charge on any atom is 0.325 e. The molecule has 0 fully saturated rings. The van der Waals surface area contributed by atoms with Crippen LogP contribution in [0, 0.1) is 5.92 Å². The van der Waals surface area contributed by atoms with Crippen molar-refractivity contribution in [1.82, 2.24) is 10.2 Å². The van der Waals surface area contributed by atoms with Crippen LogP contribution in [0.15, 0.2) is 0 Å². The summed E-state index contributed by atoms with van der Waals surface area (Å²) in [5.41, 5.74) is 0. The first-order valence-corrected chi connectivity index (χ1v) is 7.07. The van der Waals surface area contributed by atoms with Gasteiger partial charge in [-0.25, -0.2) is 0 Å². The topological polar surface area (TPSA) is 58.6 Å². The molecule has 0 aromatic rings. The molecule has 112 valence electrons. The molecule has 0 bridgehead atoms. The average molecular weight is 272 g/mol. The van der Waals surface area contributed by atoms with Crippen LogP contribution in [0.1, 0.15) is 41.0 Å². The summed E-state index contributed by atoms with van der Waals surface area (Å²) in [6.45, 7) is 11.1. The van der Waals surface area contributed by atoms with Gasteiger partial charge < -0.3 is 15.0 Å². The maximum absolute atomic E-state index is 12.1. The number of amides is 1. The highest BCUT2D eigenvalue weighted by Crippen LogP contribution is 2.00. The predicted octanol–water partition coefficient (Wildman–Crippen LogP) is 1.42. The van der Waals surface area contributed by atoms with Gasteiger partial charge in [-0.3, -0.25) is 9.59 Å². The molecule has 0 aromatic carbocycles. The first-order valence-electron chi connectivity index (χ1n) is 7.07. The lowest BCUT2D eigenvalue weighted by Crippen LogP contribution is -2.44. The molecule has 5 heteroatoms. The third-order valence-corrected chi connectivity index (χ3v) is 2.78. The SMILES string of the molecule is CCOC(=O)CN(CC(C)C)C(=O)CNC(C)CC. The smallest absolute Gasteiger partial charge is 0.325 e. The normalized spacial score (nSPS) is 12.3. The first-order chi connectivity index (χ1) is 8.90. The van der Waals surface area contributed by atoms with Gasteiger partial charge in [0, 0.05) is 12.6 Å². The van der Waals surface area contributed by atoms with Gasteiger partial charge in [0.1, 0.15) is 6.54 Å². The summed E-state index contributed by atoms with van der Waals surface area (Å²) in [4.78, 5) is 25.2.